The van der Waals surface area contributed by atoms with E-state index in [4.69, 9.17) is 5.11 Å². The van der Waals surface area contributed by atoms with Gasteiger partial charge < -0.3 is 15.7 Å². The van der Waals surface area contributed by atoms with Crippen LogP contribution in [0.3, 0.4) is 0 Å². The first kappa shape index (κ1) is 20.2. The quantitative estimate of drug-likeness (QED) is 0.657. The lowest BCUT2D eigenvalue weighted by atomic mass is 10.0. The average molecular weight is 326 g/mol. The number of hydrogen-bond donors (Lipinski definition) is 3. The number of hydrogen-bond acceptors (Lipinski definition) is 3. The maximum Gasteiger partial charge on any atom is 0.471 e. The number of rotatable bonds is 7. The molecular formula is C13H21F3N2O4. The van der Waals surface area contributed by atoms with E-state index in [-0.39, 0.29) is 12.3 Å². The van der Waals surface area contributed by atoms with Crippen LogP contribution in [-0.2, 0) is 14.4 Å². The van der Waals surface area contributed by atoms with Gasteiger partial charge in [-0.1, -0.05) is 27.7 Å². The molecular weight excluding hydrogens is 305 g/mol. The van der Waals surface area contributed by atoms with Gasteiger partial charge in [-0.15, -0.1) is 0 Å². The summed E-state index contributed by atoms with van der Waals surface area (Å²) in [6, 6.07) is -2.69. The Balaban J connectivity index is 5.06. The van der Waals surface area contributed by atoms with E-state index in [1.807, 2.05) is 0 Å². The van der Waals surface area contributed by atoms with Crippen molar-refractivity contribution in [3.8, 4) is 0 Å². The van der Waals surface area contributed by atoms with E-state index < -0.39 is 42.0 Å². The maximum absolute atomic E-state index is 12.3. The lowest BCUT2D eigenvalue weighted by Crippen LogP contribution is -2.55. The molecule has 0 saturated heterocycles. The van der Waals surface area contributed by atoms with Crippen LogP contribution in [0, 0.1) is 11.8 Å². The molecule has 128 valence electrons. The zero-order valence-corrected chi connectivity index (χ0v) is 12.8. The Morgan fingerprint density at radius 2 is 1.55 bits per heavy atom. The van der Waals surface area contributed by atoms with E-state index in [0.717, 1.165) is 0 Å². The molecule has 2 amide bonds. The molecule has 22 heavy (non-hydrogen) atoms. The number of carboxylic acids is 1. The second-order valence-corrected chi connectivity index (χ2v) is 5.72. The lowest BCUT2D eigenvalue weighted by Gasteiger charge is -2.24. The predicted molar refractivity (Wildman–Crippen MR) is 71.8 cm³/mol. The zero-order chi connectivity index (χ0) is 17.7. The summed E-state index contributed by atoms with van der Waals surface area (Å²) in [4.78, 5) is 34.0. The zero-order valence-electron chi connectivity index (χ0n) is 12.8. The second-order valence-electron chi connectivity index (χ2n) is 5.72. The monoisotopic (exact) mass is 326 g/mol. The topological polar surface area (TPSA) is 95.5 Å². The number of aliphatic carboxylic acids is 1. The van der Waals surface area contributed by atoms with Gasteiger partial charge in [-0.3, -0.25) is 9.59 Å². The summed E-state index contributed by atoms with van der Waals surface area (Å²) in [6.45, 7) is 6.42. The van der Waals surface area contributed by atoms with E-state index in [9.17, 15) is 27.6 Å². The smallest absolute Gasteiger partial charge is 0.471 e. The third-order valence-corrected chi connectivity index (χ3v) is 2.82. The highest BCUT2D eigenvalue weighted by Gasteiger charge is 2.41. The summed E-state index contributed by atoms with van der Waals surface area (Å²) in [7, 11) is 0. The minimum Gasteiger partial charge on any atom is -0.480 e. The van der Waals surface area contributed by atoms with Crippen molar-refractivity contribution in [3.05, 3.63) is 0 Å². The number of carboxylic acid groups (broad SMARTS) is 1. The molecule has 0 rings (SSSR count). The third kappa shape index (κ3) is 6.77. The minimum absolute atomic E-state index is 0.0436. The van der Waals surface area contributed by atoms with Crippen LogP contribution in [0.2, 0.25) is 0 Å². The van der Waals surface area contributed by atoms with Crippen LogP contribution in [0.15, 0.2) is 0 Å². The van der Waals surface area contributed by atoms with Crippen LogP contribution in [0.1, 0.15) is 34.1 Å². The summed E-state index contributed by atoms with van der Waals surface area (Å²) in [6.07, 6.45) is -5.15. The normalized spacial score (nSPS) is 14.6. The number of carbonyl (C=O) groups excluding carboxylic acids is 2. The number of nitrogens with one attached hydrogen (secondary N) is 2. The van der Waals surface area contributed by atoms with Gasteiger partial charge in [-0.25, -0.2) is 4.79 Å². The van der Waals surface area contributed by atoms with Gasteiger partial charge in [0.1, 0.15) is 12.1 Å². The number of halogens is 3. The van der Waals surface area contributed by atoms with Crippen molar-refractivity contribution in [2.45, 2.75) is 52.4 Å². The van der Waals surface area contributed by atoms with Crippen molar-refractivity contribution < 1.29 is 32.7 Å². The highest BCUT2D eigenvalue weighted by atomic mass is 19.4. The molecule has 0 heterocycles. The molecule has 6 nitrogen and oxygen atoms in total. The highest BCUT2D eigenvalue weighted by Crippen LogP contribution is 2.16. The molecule has 0 fully saturated rings. The fourth-order valence-electron chi connectivity index (χ4n) is 1.71. The van der Waals surface area contributed by atoms with Crippen molar-refractivity contribution in [2.75, 3.05) is 0 Å². The Morgan fingerprint density at radius 3 is 1.86 bits per heavy atom. The van der Waals surface area contributed by atoms with Crippen molar-refractivity contribution >= 4 is 17.8 Å². The van der Waals surface area contributed by atoms with Crippen LogP contribution in [-0.4, -0.2) is 41.2 Å². The summed E-state index contributed by atoms with van der Waals surface area (Å²) >= 11 is 0. The molecule has 3 N–H and O–H groups in total. The molecule has 0 radical (unpaired) electrons. The Labute approximate surface area is 126 Å². The van der Waals surface area contributed by atoms with Gasteiger partial charge in [0.05, 0.1) is 0 Å². The third-order valence-electron chi connectivity index (χ3n) is 2.82. The van der Waals surface area contributed by atoms with Gasteiger partial charge in [0.25, 0.3) is 0 Å². The van der Waals surface area contributed by atoms with E-state index in [2.05, 4.69) is 5.32 Å². The molecule has 0 aromatic heterocycles. The highest BCUT2D eigenvalue weighted by molar-refractivity contribution is 5.91. The first-order valence-electron chi connectivity index (χ1n) is 6.77. The van der Waals surface area contributed by atoms with Crippen LogP contribution < -0.4 is 10.6 Å². The van der Waals surface area contributed by atoms with E-state index in [0.29, 0.717) is 0 Å². The summed E-state index contributed by atoms with van der Waals surface area (Å²) in [5, 5.41) is 12.7. The minimum atomic E-state index is -5.11. The number of amides is 2. The van der Waals surface area contributed by atoms with Crippen molar-refractivity contribution in [1.82, 2.24) is 10.6 Å². The SMILES string of the molecule is CC(C)C[C@@H](NC(=O)C(F)(F)F)C(=O)N[C@H](C(=O)O)C(C)C. The fraction of sp³-hybridized carbons (Fsp3) is 0.769. The molecule has 0 saturated carbocycles. The molecule has 9 heteroatoms. The molecule has 0 bridgehead atoms. The van der Waals surface area contributed by atoms with Gasteiger partial charge in [0, 0.05) is 0 Å². The molecule has 0 aliphatic rings. The largest absolute Gasteiger partial charge is 0.480 e. The average Bonchev–Trinajstić information content (AvgIpc) is 2.31. The first-order valence-corrected chi connectivity index (χ1v) is 6.77. The molecule has 0 spiro atoms. The van der Waals surface area contributed by atoms with Gasteiger partial charge in [-0.05, 0) is 18.3 Å². The summed E-state index contributed by atoms with van der Waals surface area (Å²) in [5.74, 6) is -5.11. The molecule has 0 aliphatic carbocycles. The van der Waals surface area contributed by atoms with Crippen LogP contribution >= 0.6 is 0 Å². The van der Waals surface area contributed by atoms with Crippen LogP contribution in [0.5, 0.6) is 0 Å². The Morgan fingerprint density at radius 1 is 1.05 bits per heavy atom. The molecule has 0 aromatic rings. The van der Waals surface area contributed by atoms with Crippen molar-refractivity contribution in [3.63, 3.8) is 0 Å². The van der Waals surface area contributed by atoms with E-state index in [1.165, 1.54) is 0 Å². The molecule has 0 unspecified atom stereocenters. The lowest BCUT2D eigenvalue weighted by molar-refractivity contribution is -0.175. The number of alkyl halides is 3. The van der Waals surface area contributed by atoms with Crippen molar-refractivity contribution in [1.29, 1.82) is 0 Å². The Kier molecular flexibility index (Phi) is 7.34. The standard InChI is InChI=1S/C13H21F3N2O4/c1-6(2)5-8(17-12(22)13(14,15)16)10(19)18-9(7(3)4)11(20)21/h6-9H,5H2,1-4H3,(H,17,22)(H,18,19)(H,20,21)/t8-,9+/m1/s1. The van der Waals surface area contributed by atoms with Crippen molar-refractivity contribution in [2.24, 2.45) is 11.8 Å². The molecule has 0 aliphatic heterocycles. The summed E-state index contributed by atoms with van der Waals surface area (Å²) in [5.41, 5.74) is 0. The van der Waals surface area contributed by atoms with Gasteiger partial charge >= 0.3 is 18.1 Å². The summed E-state index contributed by atoms with van der Waals surface area (Å²) < 4.78 is 36.9. The van der Waals surface area contributed by atoms with E-state index in [1.54, 1.807) is 33.0 Å². The van der Waals surface area contributed by atoms with Gasteiger partial charge in [-0.2, -0.15) is 13.2 Å². The van der Waals surface area contributed by atoms with Gasteiger partial charge in [0.2, 0.25) is 5.91 Å². The Bertz CT molecular complexity index is 422. The fourth-order valence-corrected chi connectivity index (χ4v) is 1.71. The van der Waals surface area contributed by atoms with E-state index >= 15 is 0 Å². The van der Waals surface area contributed by atoms with Crippen LogP contribution in [0.4, 0.5) is 13.2 Å². The second kappa shape index (κ2) is 8.00. The van der Waals surface area contributed by atoms with Gasteiger partial charge in [0.15, 0.2) is 0 Å². The van der Waals surface area contributed by atoms with Crippen LogP contribution in [0.25, 0.3) is 0 Å². The Hall–Kier alpha value is -1.80. The number of carbonyl (C=O) groups is 3. The predicted octanol–water partition coefficient (Wildman–Crippen LogP) is 1.30. The maximum atomic E-state index is 12.3. The molecule has 0 aromatic carbocycles. The molecule has 2 atom stereocenters. The first-order chi connectivity index (χ1) is 9.86.